The molecule has 0 fully saturated rings. The van der Waals surface area contributed by atoms with Gasteiger partial charge in [0, 0.05) is 0 Å². The summed E-state index contributed by atoms with van der Waals surface area (Å²) >= 11 is 16.2. The van der Waals surface area contributed by atoms with Crippen LogP contribution in [0, 0.1) is 0 Å². The largest absolute Gasteiger partial charge is 1.00 e. The number of rotatable bonds is 0. The first kappa shape index (κ1) is 97.0. The molecule has 0 radical (unpaired) electrons. The van der Waals surface area contributed by atoms with Crippen molar-refractivity contribution >= 4 is 101 Å². The van der Waals surface area contributed by atoms with Crippen molar-refractivity contribution in [2.24, 2.45) is 0 Å². The molecular formula is Na10O15S10. The molecular weight excluding hydrogens is 791 g/mol. The van der Waals surface area contributed by atoms with Gasteiger partial charge in [-0.15, -0.1) is 45.3 Å². The average molecular weight is 791 g/mol. The van der Waals surface area contributed by atoms with Gasteiger partial charge in [-0.25, -0.2) is 0 Å². The zero-order valence-corrected chi connectivity index (χ0v) is 48.4. The first-order valence-corrected chi connectivity index (χ1v) is 15.0. The molecule has 0 aromatic carbocycles. The molecule has 0 N–H and O–H groups in total. The molecule has 160 valence electrons. The second kappa shape index (κ2) is 52.3. The fraction of sp³-hybridized carbons (Fsp3) is 0. The van der Waals surface area contributed by atoms with Gasteiger partial charge in [0.25, 0.3) is 0 Å². The van der Waals surface area contributed by atoms with Crippen LogP contribution < -0.4 is 296 Å². The third-order valence-electron chi connectivity index (χ3n) is 0. The van der Waals surface area contributed by atoms with Gasteiger partial charge in [-0.1, -0.05) is 0 Å². The van der Waals surface area contributed by atoms with Crippen LogP contribution in [0.3, 0.4) is 0 Å². The second-order valence-corrected chi connectivity index (χ2v) is 12.2. The maximum absolute atomic E-state index is 8.89. The molecule has 0 atom stereocenters. The molecule has 0 aromatic heterocycles. The Morgan fingerprint density at radius 3 is 0.257 bits per heavy atom. The minimum absolute atomic E-state index is 0. The van der Waals surface area contributed by atoms with E-state index in [2.05, 4.69) is 55.9 Å². The Kier molecular flexibility index (Phi) is 145. The monoisotopic (exact) mass is 790 g/mol. The predicted octanol–water partition coefficient (Wildman–Crippen LogP) is -35.0. The fourth-order valence-corrected chi connectivity index (χ4v) is 0. The van der Waals surface area contributed by atoms with Crippen LogP contribution in [0.2, 0.25) is 0 Å². The zero-order chi connectivity index (χ0) is 22.5. The van der Waals surface area contributed by atoms with E-state index in [0.717, 1.165) is 0 Å². The topological polar surface area (TPSA) is 316 Å². The molecule has 0 aliphatic heterocycles. The van der Waals surface area contributed by atoms with Crippen LogP contribution in [0.4, 0.5) is 0 Å². The summed E-state index contributed by atoms with van der Waals surface area (Å²) in [5.41, 5.74) is 0. The SMILES string of the molecule is O=S([O-])([O-])=S.O=S([O-])([O-])=S.O=S([O-])([O-])=S.O=S([O-])([O-])=S.O=S([O-])([O-])=S.[Na+].[Na+].[Na+].[Na+].[Na+].[Na+].[Na+].[Na+].[Na+].[Na+]. The fourth-order valence-electron chi connectivity index (χ4n) is 0. The Morgan fingerprint density at radius 2 is 0.257 bits per heavy atom. The molecule has 35 heteroatoms. The van der Waals surface area contributed by atoms with Crippen molar-refractivity contribution in [2.45, 2.75) is 0 Å². The third-order valence-corrected chi connectivity index (χ3v) is 0. The van der Waals surface area contributed by atoms with E-state index in [1.54, 1.807) is 0 Å². The Balaban J connectivity index is -0.0000000103. The van der Waals surface area contributed by atoms with Crippen LogP contribution in [0.25, 0.3) is 0 Å². The van der Waals surface area contributed by atoms with E-state index in [-0.39, 0.29) is 296 Å². The van der Waals surface area contributed by atoms with Crippen molar-refractivity contribution in [3.05, 3.63) is 0 Å². The Hall–Kier alpha value is 11.4. The van der Waals surface area contributed by atoms with Crippen molar-refractivity contribution in [3.8, 4) is 0 Å². The van der Waals surface area contributed by atoms with Gasteiger partial charge in [0.2, 0.25) is 0 Å². The van der Waals surface area contributed by atoms with Gasteiger partial charge < -0.3 is 45.5 Å². The molecule has 0 saturated heterocycles. The van der Waals surface area contributed by atoms with E-state index in [0.29, 0.717) is 0 Å². The molecule has 0 aliphatic rings. The Labute approximate surface area is 450 Å². The Morgan fingerprint density at radius 1 is 0.257 bits per heavy atom. The van der Waals surface area contributed by atoms with Crippen molar-refractivity contribution in [3.63, 3.8) is 0 Å². The van der Waals surface area contributed by atoms with E-state index >= 15 is 0 Å². The van der Waals surface area contributed by atoms with Gasteiger partial charge in [0.05, 0.1) is 0 Å². The summed E-state index contributed by atoms with van der Waals surface area (Å²) in [6.45, 7) is 0. The van der Waals surface area contributed by atoms with Crippen molar-refractivity contribution < 1.29 is 362 Å². The summed E-state index contributed by atoms with van der Waals surface area (Å²) < 4.78 is 133. The van der Waals surface area contributed by atoms with Gasteiger partial charge >= 0.3 is 296 Å². The van der Waals surface area contributed by atoms with Crippen LogP contribution in [-0.2, 0) is 101 Å². The van der Waals surface area contributed by atoms with Crippen molar-refractivity contribution in [1.82, 2.24) is 0 Å². The molecule has 0 heterocycles. The standard InChI is InChI=1S/10Na.5H2O3S2/c;;;;;;;;;;5*1-5(2,3)4/h;;;;;;;;;;5*(H2,1,2,3,4)/q10*+1;;;;;/p-10. The number of hydrogen-bond donors (Lipinski definition) is 0. The summed E-state index contributed by atoms with van der Waals surface area (Å²) in [6, 6.07) is 0. The molecule has 15 nitrogen and oxygen atoms in total. The summed E-state index contributed by atoms with van der Waals surface area (Å²) in [6.07, 6.45) is 0. The van der Waals surface area contributed by atoms with E-state index in [4.69, 9.17) is 66.6 Å². The van der Waals surface area contributed by atoms with Crippen LogP contribution in [0.15, 0.2) is 0 Å². The molecule has 0 saturated carbocycles. The van der Waals surface area contributed by atoms with Crippen molar-refractivity contribution in [2.75, 3.05) is 0 Å². The minimum atomic E-state index is -4.33. The molecule has 0 amide bonds. The molecule has 0 spiro atoms. The minimum Gasteiger partial charge on any atom is -0.780 e. The summed E-state index contributed by atoms with van der Waals surface area (Å²) in [7, 11) is -21.7. The summed E-state index contributed by atoms with van der Waals surface area (Å²) in [5.74, 6) is 0. The Bertz CT molecular complexity index is 645. The van der Waals surface area contributed by atoms with Crippen LogP contribution in [0.1, 0.15) is 0 Å². The number of hydrogen-bond acceptors (Lipinski definition) is 20. The van der Waals surface area contributed by atoms with E-state index in [1.807, 2.05) is 0 Å². The molecule has 0 aromatic rings. The van der Waals surface area contributed by atoms with Crippen LogP contribution in [0.5, 0.6) is 0 Å². The summed E-state index contributed by atoms with van der Waals surface area (Å²) in [5, 5.41) is 0. The van der Waals surface area contributed by atoms with Gasteiger partial charge in [-0.05, 0) is 55.9 Å². The van der Waals surface area contributed by atoms with E-state index < -0.39 is 45.3 Å². The first-order valence-electron chi connectivity index (χ1n) is 3.33. The molecule has 35 heavy (non-hydrogen) atoms. The maximum Gasteiger partial charge on any atom is 1.00 e. The average Bonchev–Trinajstić information content (AvgIpc) is 1.79. The predicted molar refractivity (Wildman–Crippen MR) is 85.3 cm³/mol. The third kappa shape index (κ3) is 654. The molecule has 0 aliphatic carbocycles. The molecule has 0 unspecified atom stereocenters. The van der Waals surface area contributed by atoms with Crippen molar-refractivity contribution in [1.29, 1.82) is 0 Å². The molecule has 0 rings (SSSR count). The van der Waals surface area contributed by atoms with Crippen LogP contribution >= 0.6 is 0 Å². The smallest absolute Gasteiger partial charge is 0.780 e. The van der Waals surface area contributed by atoms with E-state index in [1.165, 1.54) is 0 Å². The molecule has 0 bridgehead atoms. The summed E-state index contributed by atoms with van der Waals surface area (Å²) in [4.78, 5) is 0. The van der Waals surface area contributed by atoms with Gasteiger partial charge in [-0.2, -0.15) is 0 Å². The van der Waals surface area contributed by atoms with Gasteiger partial charge in [-0.3, -0.25) is 21.0 Å². The van der Waals surface area contributed by atoms with Gasteiger partial charge in [0.15, 0.2) is 0 Å². The second-order valence-electron chi connectivity index (χ2n) is 2.04. The first-order chi connectivity index (χ1) is 10.0. The van der Waals surface area contributed by atoms with Gasteiger partial charge in [0.1, 0.15) is 0 Å². The quantitative estimate of drug-likeness (QED) is 0.206. The zero-order valence-electron chi connectivity index (χ0n) is 20.2. The normalized spacial score (nSPS) is 8.29. The van der Waals surface area contributed by atoms with E-state index in [9.17, 15) is 0 Å². The maximum atomic E-state index is 8.89. The van der Waals surface area contributed by atoms with Crippen LogP contribution in [-0.4, -0.2) is 66.6 Å².